The lowest BCUT2D eigenvalue weighted by Gasteiger charge is -2.33. The molecule has 0 saturated carbocycles. The Bertz CT molecular complexity index is 629. The van der Waals surface area contributed by atoms with E-state index < -0.39 is 17.4 Å². The van der Waals surface area contributed by atoms with Gasteiger partial charge in [0.1, 0.15) is 6.04 Å². The molecular weight excluding hydrogens is 370 g/mol. The highest BCUT2D eigenvalue weighted by molar-refractivity contribution is 5.89. The van der Waals surface area contributed by atoms with Gasteiger partial charge in [0.05, 0.1) is 19.1 Å². The maximum atomic E-state index is 13.0. The van der Waals surface area contributed by atoms with Gasteiger partial charge in [0.25, 0.3) is 0 Å². The first-order valence-corrected chi connectivity index (χ1v) is 10.2. The zero-order chi connectivity index (χ0) is 22.0. The van der Waals surface area contributed by atoms with Crippen molar-refractivity contribution in [1.82, 2.24) is 15.4 Å². The van der Waals surface area contributed by atoms with E-state index in [0.29, 0.717) is 6.42 Å². The maximum Gasteiger partial charge on any atom is 0.245 e. The average molecular weight is 408 g/mol. The molecule has 0 saturated heterocycles. The third kappa shape index (κ3) is 8.94. The Hall–Kier alpha value is -1.96. The van der Waals surface area contributed by atoms with E-state index in [0.717, 1.165) is 23.6 Å². The monoisotopic (exact) mass is 407 g/mol. The summed E-state index contributed by atoms with van der Waals surface area (Å²) in [6.45, 7) is 8.05. The largest absolute Gasteiger partial charge is 0.347 e. The quantitative estimate of drug-likeness (QED) is 0.551. The molecular formula is C22H37N3O4. The van der Waals surface area contributed by atoms with Crippen molar-refractivity contribution in [2.24, 2.45) is 11.3 Å². The van der Waals surface area contributed by atoms with Crippen molar-refractivity contribution in [3.05, 3.63) is 35.9 Å². The van der Waals surface area contributed by atoms with E-state index in [-0.39, 0.29) is 25.0 Å². The van der Waals surface area contributed by atoms with Crippen LogP contribution in [-0.2, 0) is 21.0 Å². The standard InChI is InChI=1S/C22H37N3O4/c1-7-8-14-18(15-25(28)29-16-17-12-10-9-11-13-17)20(26)23-19(22(2,3)4)21(27)24(5)6/h9-13,18-19,28H,7-8,14-16H2,1-6H3,(H,23,26)/t18-,19+/m0/s1. The molecule has 2 N–H and O–H groups in total. The lowest BCUT2D eigenvalue weighted by molar-refractivity contribution is -0.350. The minimum atomic E-state index is -0.647. The van der Waals surface area contributed by atoms with Gasteiger partial charge in [-0.1, -0.05) is 76.1 Å². The summed E-state index contributed by atoms with van der Waals surface area (Å²) in [7, 11) is 3.35. The molecule has 0 unspecified atom stereocenters. The molecule has 0 radical (unpaired) electrons. The van der Waals surface area contributed by atoms with Crippen LogP contribution in [0.15, 0.2) is 30.3 Å². The number of likely N-dealkylation sites (N-methyl/N-ethyl adjacent to an activating group) is 1. The lowest BCUT2D eigenvalue weighted by Crippen LogP contribution is -2.55. The zero-order valence-corrected chi connectivity index (χ0v) is 18.6. The van der Waals surface area contributed by atoms with E-state index in [9.17, 15) is 14.8 Å². The van der Waals surface area contributed by atoms with Crippen molar-refractivity contribution in [2.75, 3.05) is 20.6 Å². The minimum Gasteiger partial charge on any atom is -0.347 e. The molecule has 0 fully saturated rings. The highest BCUT2D eigenvalue weighted by atomic mass is 16.9. The first-order valence-electron chi connectivity index (χ1n) is 10.2. The Morgan fingerprint density at radius 3 is 2.31 bits per heavy atom. The fourth-order valence-electron chi connectivity index (χ4n) is 2.89. The second kappa shape index (κ2) is 11.9. The first-order chi connectivity index (χ1) is 13.6. The van der Waals surface area contributed by atoms with Gasteiger partial charge in [0, 0.05) is 14.1 Å². The number of unbranched alkanes of at least 4 members (excludes halogenated alkanes) is 1. The predicted molar refractivity (Wildman–Crippen MR) is 113 cm³/mol. The molecule has 7 nitrogen and oxygen atoms in total. The minimum absolute atomic E-state index is 0.0334. The second-order valence-corrected chi connectivity index (χ2v) is 8.67. The molecule has 164 valence electrons. The van der Waals surface area contributed by atoms with Gasteiger partial charge in [0.15, 0.2) is 0 Å². The van der Waals surface area contributed by atoms with Crippen molar-refractivity contribution in [2.45, 2.75) is 59.6 Å². The number of nitrogens with zero attached hydrogens (tertiary/aromatic N) is 2. The Labute approximate surface area is 174 Å². The number of hydroxylamine groups is 2. The topological polar surface area (TPSA) is 82.1 Å². The summed E-state index contributed by atoms with van der Waals surface area (Å²) >= 11 is 0. The summed E-state index contributed by atoms with van der Waals surface area (Å²) in [5, 5.41) is 13.8. The molecule has 1 aromatic carbocycles. The molecule has 2 atom stereocenters. The summed E-state index contributed by atoms with van der Waals surface area (Å²) in [4.78, 5) is 32.4. The van der Waals surface area contributed by atoms with Crippen LogP contribution in [0.3, 0.4) is 0 Å². The first kappa shape index (κ1) is 25.1. The number of carbonyl (C=O) groups excluding carboxylic acids is 2. The van der Waals surface area contributed by atoms with Crippen LogP contribution in [0.1, 0.15) is 52.5 Å². The molecule has 0 bridgehead atoms. The third-order valence-corrected chi connectivity index (χ3v) is 4.72. The van der Waals surface area contributed by atoms with Crippen LogP contribution in [0.25, 0.3) is 0 Å². The molecule has 2 amide bonds. The summed E-state index contributed by atoms with van der Waals surface area (Å²) in [5.74, 6) is -0.896. The molecule has 29 heavy (non-hydrogen) atoms. The van der Waals surface area contributed by atoms with E-state index in [1.807, 2.05) is 58.0 Å². The molecule has 0 aliphatic carbocycles. The van der Waals surface area contributed by atoms with Crippen molar-refractivity contribution in [3.8, 4) is 0 Å². The Morgan fingerprint density at radius 1 is 1.17 bits per heavy atom. The van der Waals surface area contributed by atoms with Crippen LogP contribution in [0.2, 0.25) is 0 Å². The number of nitrogens with one attached hydrogen (secondary N) is 1. The van der Waals surface area contributed by atoms with Crippen molar-refractivity contribution < 1.29 is 19.6 Å². The summed E-state index contributed by atoms with van der Waals surface area (Å²) in [5.41, 5.74) is 0.486. The molecule has 0 spiro atoms. The Morgan fingerprint density at radius 2 is 1.79 bits per heavy atom. The maximum absolute atomic E-state index is 13.0. The van der Waals surface area contributed by atoms with Crippen LogP contribution in [0.4, 0.5) is 0 Å². The van der Waals surface area contributed by atoms with Gasteiger partial charge in [0.2, 0.25) is 11.8 Å². The number of hydrogen-bond acceptors (Lipinski definition) is 5. The van der Waals surface area contributed by atoms with Gasteiger partial charge in [-0.25, -0.2) is 0 Å². The van der Waals surface area contributed by atoms with E-state index in [1.165, 1.54) is 4.90 Å². The predicted octanol–water partition coefficient (Wildman–Crippen LogP) is 3.23. The molecule has 1 aromatic rings. The highest BCUT2D eigenvalue weighted by Gasteiger charge is 2.35. The molecule has 0 aromatic heterocycles. The zero-order valence-electron chi connectivity index (χ0n) is 18.6. The van der Waals surface area contributed by atoms with E-state index in [2.05, 4.69) is 5.32 Å². The number of benzene rings is 1. The third-order valence-electron chi connectivity index (χ3n) is 4.72. The summed E-state index contributed by atoms with van der Waals surface area (Å²) < 4.78 is 0. The average Bonchev–Trinajstić information content (AvgIpc) is 2.66. The van der Waals surface area contributed by atoms with Gasteiger partial charge >= 0.3 is 0 Å². The molecule has 0 aliphatic heterocycles. The second-order valence-electron chi connectivity index (χ2n) is 8.67. The number of carbonyl (C=O) groups is 2. The van der Waals surface area contributed by atoms with Gasteiger partial charge in [-0.2, -0.15) is 0 Å². The van der Waals surface area contributed by atoms with Crippen LogP contribution in [0.5, 0.6) is 0 Å². The van der Waals surface area contributed by atoms with Crippen LogP contribution in [-0.4, -0.2) is 53.8 Å². The van der Waals surface area contributed by atoms with E-state index in [4.69, 9.17) is 4.84 Å². The summed E-state index contributed by atoms with van der Waals surface area (Å²) in [6.07, 6.45) is 2.37. The van der Waals surface area contributed by atoms with Gasteiger partial charge in [-0.3, -0.25) is 19.6 Å². The normalized spacial score (nSPS) is 13.8. The lowest BCUT2D eigenvalue weighted by atomic mass is 9.85. The number of amides is 2. The smallest absolute Gasteiger partial charge is 0.245 e. The van der Waals surface area contributed by atoms with Crippen LogP contribution >= 0.6 is 0 Å². The molecule has 1 rings (SSSR count). The van der Waals surface area contributed by atoms with Crippen LogP contribution in [0, 0.1) is 11.3 Å². The number of rotatable bonds is 11. The van der Waals surface area contributed by atoms with Crippen molar-refractivity contribution in [3.63, 3.8) is 0 Å². The van der Waals surface area contributed by atoms with Gasteiger partial charge < -0.3 is 10.2 Å². The van der Waals surface area contributed by atoms with Crippen molar-refractivity contribution in [1.29, 1.82) is 0 Å². The molecule has 7 heteroatoms. The number of hydrogen-bond donors (Lipinski definition) is 2. The highest BCUT2D eigenvalue weighted by Crippen LogP contribution is 2.22. The van der Waals surface area contributed by atoms with E-state index in [1.54, 1.807) is 14.1 Å². The fourth-order valence-corrected chi connectivity index (χ4v) is 2.89. The van der Waals surface area contributed by atoms with Gasteiger partial charge in [-0.15, -0.1) is 0 Å². The SMILES string of the molecule is CCCC[C@@H](CN(O)OCc1ccccc1)C(=O)N[C@H](C(=O)N(C)C)C(C)(C)C. The molecule has 0 aliphatic rings. The van der Waals surface area contributed by atoms with Crippen LogP contribution < -0.4 is 5.32 Å². The Kier molecular flexibility index (Phi) is 10.3. The van der Waals surface area contributed by atoms with Gasteiger partial charge in [-0.05, 0) is 17.4 Å². The summed E-state index contributed by atoms with van der Waals surface area (Å²) in [6, 6.07) is 8.85. The van der Waals surface area contributed by atoms with Crippen molar-refractivity contribution >= 4 is 11.8 Å². The molecule has 0 heterocycles. The van der Waals surface area contributed by atoms with E-state index >= 15 is 0 Å². The fraction of sp³-hybridized carbons (Fsp3) is 0.636. The Balaban J connectivity index is 2.78.